The van der Waals surface area contributed by atoms with Crippen LogP contribution in [0.3, 0.4) is 0 Å². The van der Waals surface area contributed by atoms with Crippen LogP contribution in [0.4, 0.5) is 0 Å². The third-order valence-electron chi connectivity index (χ3n) is 4.02. The summed E-state index contributed by atoms with van der Waals surface area (Å²) in [5, 5.41) is 0. The molecule has 0 atom stereocenters. The molecule has 2 rings (SSSR count). The molecule has 2 aromatic rings. The Balaban J connectivity index is 1.57. The van der Waals surface area contributed by atoms with E-state index in [0.717, 1.165) is 24.0 Å². The summed E-state index contributed by atoms with van der Waals surface area (Å²) in [6.07, 6.45) is 12.9. The second-order valence-electron chi connectivity index (χ2n) is 6.06. The van der Waals surface area contributed by atoms with Crippen LogP contribution in [-0.2, 0) is 26.5 Å². The molecule has 3 nitrogen and oxygen atoms in total. The predicted octanol–water partition coefficient (Wildman–Crippen LogP) is 6.56. The second-order valence-corrected chi connectivity index (χ2v) is 7.02. The number of rotatable bonds is 12. The molecule has 0 saturated carbocycles. The van der Waals surface area contributed by atoms with Crippen molar-refractivity contribution in [3.63, 3.8) is 0 Å². The first-order valence-electron chi connectivity index (χ1n) is 9.17. The van der Waals surface area contributed by atoms with Gasteiger partial charge in [-0.1, -0.05) is 98.1 Å². The normalized spacial score (nSPS) is 11.8. The molecule has 0 radical (unpaired) electrons. The molecule has 144 valence electrons. The van der Waals surface area contributed by atoms with Crippen LogP contribution < -0.4 is 0 Å². The Morgan fingerprint density at radius 1 is 0.679 bits per heavy atom. The minimum absolute atomic E-state index is 0.263. The molecule has 4 heteroatoms. The molecule has 0 aliphatic rings. The maximum absolute atomic E-state index is 11.7. The summed E-state index contributed by atoms with van der Waals surface area (Å²) in [6, 6.07) is 16.4. The van der Waals surface area contributed by atoms with Crippen LogP contribution in [-0.4, -0.2) is 13.2 Å². The summed E-state index contributed by atoms with van der Waals surface area (Å²) < 4.78 is 22.0. The van der Waals surface area contributed by atoms with Crippen molar-refractivity contribution >= 4 is 20.4 Å². The van der Waals surface area contributed by atoms with Gasteiger partial charge in [0.15, 0.2) is 0 Å². The standard InChI is InChI=1S/C24H26O3P/c1-3-21-11-15-23(16-12-21)9-5-7-19-26-28(25)27-20-8-6-10-24-17-13-22(4-2)14-18-24/h3-8,11-18H,1-2,9-10,19-20H2/q+1. The molecule has 0 spiro atoms. The van der Waals surface area contributed by atoms with Crippen molar-refractivity contribution in [3.05, 3.63) is 108 Å². The Hall–Kier alpha value is -2.58. The summed E-state index contributed by atoms with van der Waals surface area (Å²) >= 11 is 0. The molecule has 28 heavy (non-hydrogen) atoms. The molecule has 0 fully saturated rings. The average Bonchev–Trinajstić information content (AvgIpc) is 2.74. The SMILES string of the molecule is C=Cc1ccc(CC=CCO[P+](=O)OCC=CCc2ccc(C=C)cc2)cc1. The number of benzene rings is 2. The zero-order chi connectivity index (χ0) is 20.0. The molecule has 0 aliphatic carbocycles. The minimum Gasteiger partial charge on any atom is -0.115 e. The third kappa shape index (κ3) is 8.41. The first kappa shape index (κ1) is 21.7. The lowest BCUT2D eigenvalue weighted by Gasteiger charge is -1.97. The van der Waals surface area contributed by atoms with E-state index in [1.54, 1.807) is 0 Å². The van der Waals surface area contributed by atoms with E-state index in [0.29, 0.717) is 0 Å². The largest absolute Gasteiger partial charge is 0.698 e. The molecular weight excluding hydrogens is 367 g/mol. The Morgan fingerprint density at radius 2 is 1.07 bits per heavy atom. The van der Waals surface area contributed by atoms with Crippen molar-refractivity contribution in [1.29, 1.82) is 0 Å². The van der Waals surface area contributed by atoms with Gasteiger partial charge in [0, 0.05) is 4.57 Å². The van der Waals surface area contributed by atoms with Crippen LogP contribution in [0.1, 0.15) is 22.3 Å². The summed E-state index contributed by atoms with van der Waals surface area (Å²) in [4.78, 5) is 0. The Kier molecular flexibility index (Phi) is 9.88. The maximum atomic E-state index is 11.7. The molecule has 0 aromatic heterocycles. The number of hydrogen-bond donors (Lipinski definition) is 0. The van der Waals surface area contributed by atoms with Crippen molar-refractivity contribution in [1.82, 2.24) is 0 Å². The van der Waals surface area contributed by atoms with Crippen LogP contribution in [0.2, 0.25) is 0 Å². The molecule has 0 saturated heterocycles. The Morgan fingerprint density at radius 3 is 1.43 bits per heavy atom. The monoisotopic (exact) mass is 393 g/mol. The molecule has 0 unspecified atom stereocenters. The third-order valence-corrected chi connectivity index (χ3v) is 4.74. The zero-order valence-corrected chi connectivity index (χ0v) is 16.9. The fourth-order valence-corrected chi connectivity index (χ4v) is 2.89. The first-order valence-corrected chi connectivity index (χ1v) is 10.3. The van der Waals surface area contributed by atoms with Crippen molar-refractivity contribution in [3.8, 4) is 0 Å². The van der Waals surface area contributed by atoms with Gasteiger partial charge in [-0.2, -0.15) is 0 Å². The first-order chi connectivity index (χ1) is 13.7. The highest BCUT2D eigenvalue weighted by molar-refractivity contribution is 7.33. The zero-order valence-electron chi connectivity index (χ0n) is 16.0. The van der Waals surface area contributed by atoms with E-state index < -0.39 is 8.25 Å². The Bertz CT molecular complexity index is 748. The van der Waals surface area contributed by atoms with E-state index in [1.165, 1.54) is 11.1 Å². The van der Waals surface area contributed by atoms with E-state index in [2.05, 4.69) is 37.4 Å². The van der Waals surface area contributed by atoms with Crippen LogP contribution in [0, 0.1) is 0 Å². The van der Waals surface area contributed by atoms with Gasteiger partial charge in [-0.15, -0.1) is 9.05 Å². The topological polar surface area (TPSA) is 35.5 Å². The van der Waals surface area contributed by atoms with Gasteiger partial charge in [0.25, 0.3) is 0 Å². The lowest BCUT2D eigenvalue weighted by Crippen LogP contribution is -1.88. The van der Waals surface area contributed by atoms with Crippen LogP contribution in [0.15, 0.2) is 86.0 Å². The summed E-state index contributed by atoms with van der Waals surface area (Å²) in [7, 11) is -2.11. The highest BCUT2D eigenvalue weighted by Crippen LogP contribution is 2.23. The lowest BCUT2D eigenvalue weighted by atomic mass is 10.1. The molecule has 0 N–H and O–H groups in total. The van der Waals surface area contributed by atoms with Crippen molar-refractivity contribution in [2.45, 2.75) is 12.8 Å². The fourth-order valence-electron chi connectivity index (χ4n) is 2.40. The quantitative estimate of drug-likeness (QED) is 0.303. The van der Waals surface area contributed by atoms with E-state index >= 15 is 0 Å². The van der Waals surface area contributed by atoms with Gasteiger partial charge >= 0.3 is 8.25 Å². The van der Waals surface area contributed by atoms with Gasteiger partial charge < -0.3 is 0 Å². The molecule has 0 bridgehead atoms. The van der Waals surface area contributed by atoms with Gasteiger partial charge in [0.1, 0.15) is 13.2 Å². The summed E-state index contributed by atoms with van der Waals surface area (Å²) in [5.74, 6) is 0. The molecule has 2 aromatic carbocycles. The van der Waals surface area contributed by atoms with Gasteiger partial charge in [-0.3, -0.25) is 0 Å². The van der Waals surface area contributed by atoms with Crippen molar-refractivity contribution in [2.24, 2.45) is 0 Å². The van der Waals surface area contributed by atoms with Crippen LogP contribution in [0.25, 0.3) is 12.2 Å². The highest BCUT2D eigenvalue weighted by Gasteiger charge is 2.17. The summed E-state index contributed by atoms with van der Waals surface area (Å²) in [6.45, 7) is 8.00. The highest BCUT2D eigenvalue weighted by atomic mass is 31.1. The predicted molar refractivity (Wildman–Crippen MR) is 118 cm³/mol. The van der Waals surface area contributed by atoms with Gasteiger partial charge in [0.05, 0.1) is 0 Å². The van der Waals surface area contributed by atoms with E-state index in [-0.39, 0.29) is 13.2 Å². The average molecular weight is 393 g/mol. The molecule has 0 heterocycles. The smallest absolute Gasteiger partial charge is 0.115 e. The van der Waals surface area contributed by atoms with Crippen LogP contribution >= 0.6 is 8.25 Å². The van der Waals surface area contributed by atoms with Gasteiger partial charge in [-0.05, 0) is 35.1 Å². The maximum Gasteiger partial charge on any atom is 0.698 e. The minimum atomic E-state index is -2.11. The fraction of sp³-hybridized carbons (Fsp3) is 0.167. The van der Waals surface area contributed by atoms with Crippen molar-refractivity contribution in [2.75, 3.05) is 13.2 Å². The molecular formula is C24H26O3P+. The van der Waals surface area contributed by atoms with E-state index in [1.807, 2.05) is 60.7 Å². The van der Waals surface area contributed by atoms with E-state index in [4.69, 9.17) is 9.05 Å². The van der Waals surface area contributed by atoms with Crippen LogP contribution in [0.5, 0.6) is 0 Å². The Labute approximate surface area is 168 Å². The van der Waals surface area contributed by atoms with Crippen molar-refractivity contribution < 1.29 is 13.6 Å². The summed E-state index contributed by atoms with van der Waals surface area (Å²) in [5.41, 5.74) is 4.60. The molecule has 0 amide bonds. The number of allylic oxidation sites excluding steroid dienone is 2. The van der Waals surface area contributed by atoms with Gasteiger partial charge in [0.2, 0.25) is 0 Å². The number of hydrogen-bond acceptors (Lipinski definition) is 3. The van der Waals surface area contributed by atoms with Gasteiger partial charge in [-0.25, -0.2) is 0 Å². The molecule has 0 aliphatic heterocycles. The lowest BCUT2D eigenvalue weighted by molar-refractivity contribution is 0.261. The second kappa shape index (κ2) is 12.7. The van der Waals surface area contributed by atoms with E-state index in [9.17, 15) is 4.57 Å².